The number of rotatable bonds is 15. The van der Waals surface area contributed by atoms with E-state index in [-0.39, 0.29) is 0 Å². The van der Waals surface area contributed by atoms with Gasteiger partial charge in [0, 0.05) is 6.42 Å². The number of quaternary nitrogens is 1. The smallest absolute Gasteiger partial charge is 0.0977 e. The van der Waals surface area contributed by atoms with Crippen molar-refractivity contribution in [3.05, 3.63) is 0 Å². The summed E-state index contributed by atoms with van der Waals surface area (Å²) in [6.45, 7) is 2.96. The van der Waals surface area contributed by atoms with Crippen molar-refractivity contribution in [2.45, 2.75) is 89.2 Å². The molecule has 0 aromatic carbocycles. The Kier molecular flexibility index (Phi) is 12.2. The molecule has 0 amide bonds. The quantitative estimate of drug-likeness (QED) is 0.251. The van der Waals surface area contributed by atoms with Gasteiger partial charge in [-0.05, 0) is 6.42 Å². The average Bonchev–Trinajstić information content (AvgIpc) is 2.41. The molecule has 0 aliphatic rings. The first-order chi connectivity index (χ1) is 10.7. The van der Waals surface area contributed by atoms with Gasteiger partial charge in [0.25, 0.3) is 0 Å². The van der Waals surface area contributed by atoms with Gasteiger partial charge >= 0.3 is 0 Å². The first kappa shape index (κ1) is 22.9. The van der Waals surface area contributed by atoms with Crippen LogP contribution in [-0.4, -0.2) is 50.4 Å². The Labute approximate surface area is 145 Å². The van der Waals surface area contributed by atoms with Gasteiger partial charge in [-0.25, -0.2) is 8.42 Å². The second kappa shape index (κ2) is 12.3. The van der Waals surface area contributed by atoms with Crippen LogP contribution in [-0.2, 0) is 10.1 Å². The molecule has 0 aliphatic carbocycles. The topological polar surface area (TPSA) is 57.2 Å². The van der Waals surface area contributed by atoms with Gasteiger partial charge in [0.1, 0.15) is 0 Å². The zero-order valence-corrected chi connectivity index (χ0v) is 16.7. The highest BCUT2D eigenvalue weighted by Gasteiger charge is 2.19. The third kappa shape index (κ3) is 15.2. The second-order valence-electron chi connectivity index (χ2n) is 7.89. The van der Waals surface area contributed by atoms with Crippen LogP contribution in [0, 0.1) is 0 Å². The summed E-state index contributed by atoms with van der Waals surface area (Å²) in [5, 5.41) is -0.700. The van der Waals surface area contributed by atoms with Crippen molar-refractivity contribution in [1.29, 1.82) is 0 Å². The van der Waals surface area contributed by atoms with Crippen molar-refractivity contribution >= 4 is 10.1 Å². The molecule has 0 bridgehead atoms. The molecule has 4 nitrogen and oxygen atoms in total. The SMILES string of the molecule is CCCCCCCCCCCCC(CC[N+](C)(C)C)S(=O)(=O)[O-]. The lowest BCUT2D eigenvalue weighted by Crippen LogP contribution is -2.38. The fourth-order valence-electron chi connectivity index (χ4n) is 2.82. The van der Waals surface area contributed by atoms with E-state index < -0.39 is 15.4 Å². The van der Waals surface area contributed by atoms with E-state index in [0.29, 0.717) is 17.3 Å². The molecule has 0 N–H and O–H groups in total. The molecular formula is C18H39NO3S. The number of hydrogen-bond donors (Lipinski definition) is 0. The number of hydrogen-bond acceptors (Lipinski definition) is 3. The third-order valence-corrected chi connectivity index (χ3v) is 5.70. The van der Waals surface area contributed by atoms with Gasteiger partial charge in [-0.1, -0.05) is 71.1 Å². The summed E-state index contributed by atoms with van der Waals surface area (Å²) in [5.41, 5.74) is 0. The third-order valence-electron chi connectivity index (χ3n) is 4.41. The van der Waals surface area contributed by atoms with Crippen molar-refractivity contribution in [2.75, 3.05) is 27.7 Å². The fourth-order valence-corrected chi connectivity index (χ4v) is 3.67. The van der Waals surface area contributed by atoms with E-state index in [1.54, 1.807) is 0 Å². The maximum atomic E-state index is 11.4. The van der Waals surface area contributed by atoms with E-state index in [1.807, 2.05) is 21.1 Å². The first-order valence-electron chi connectivity index (χ1n) is 9.42. The molecule has 0 heterocycles. The molecule has 0 radical (unpaired) electrons. The van der Waals surface area contributed by atoms with Gasteiger partial charge in [-0.15, -0.1) is 0 Å². The summed E-state index contributed by atoms with van der Waals surface area (Å²) in [7, 11) is 1.91. The van der Waals surface area contributed by atoms with Crippen LogP contribution >= 0.6 is 0 Å². The zero-order valence-electron chi connectivity index (χ0n) is 15.8. The van der Waals surface area contributed by atoms with Crippen molar-refractivity contribution in [3.8, 4) is 0 Å². The predicted octanol–water partition coefficient (Wildman–Crippen LogP) is 4.31. The van der Waals surface area contributed by atoms with Gasteiger partial charge in [0.2, 0.25) is 0 Å². The van der Waals surface area contributed by atoms with E-state index in [2.05, 4.69) is 6.92 Å². The Morgan fingerprint density at radius 1 is 0.783 bits per heavy atom. The Bertz CT molecular complexity index is 374. The maximum Gasteiger partial charge on any atom is 0.0977 e. The minimum atomic E-state index is -4.16. The van der Waals surface area contributed by atoms with Crippen LogP contribution in [0.5, 0.6) is 0 Å². The minimum absolute atomic E-state index is 0.479. The lowest BCUT2D eigenvalue weighted by atomic mass is 10.0. The normalized spacial score (nSPS) is 14.1. The van der Waals surface area contributed by atoms with Gasteiger partial charge in [-0.3, -0.25) is 0 Å². The van der Waals surface area contributed by atoms with Crippen LogP contribution in [0.1, 0.15) is 84.0 Å². The van der Waals surface area contributed by atoms with Gasteiger partial charge in [0.05, 0.1) is 43.1 Å². The second-order valence-corrected chi connectivity index (χ2v) is 9.54. The lowest BCUT2D eigenvalue weighted by molar-refractivity contribution is -0.870. The monoisotopic (exact) mass is 349 g/mol. The minimum Gasteiger partial charge on any atom is -0.748 e. The van der Waals surface area contributed by atoms with Gasteiger partial charge < -0.3 is 9.04 Å². The van der Waals surface area contributed by atoms with E-state index >= 15 is 0 Å². The van der Waals surface area contributed by atoms with Crippen molar-refractivity contribution in [2.24, 2.45) is 0 Å². The number of unbranched alkanes of at least 4 members (excludes halogenated alkanes) is 9. The highest BCUT2D eigenvalue weighted by molar-refractivity contribution is 7.86. The van der Waals surface area contributed by atoms with E-state index in [4.69, 9.17) is 0 Å². The van der Waals surface area contributed by atoms with Crippen LogP contribution < -0.4 is 0 Å². The molecule has 0 spiro atoms. The molecule has 0 fully saturated rings. The predicted molar refractivity (Wildman–Crippen MR) is 97.5 cm³/mol. The Morgan fingerprint density at radius 3 is 1.61 bits per heavy atom. The molecule has 0 aliphatic heterocycles. The first-order valence-corrected chi connectivity index (χ1v) is 10.9. The van der Waals surface area contributed by atoms with E-state index in [0.717, 1.165) is 25.8 Å². The van der Waals surface area contributed by atoms with Crippen LogP contribution in [0.4, 0.5) is 0 Å². The molecule has 0 aromatic rings. The molecule has 23 heavy (non-hydrogen) atoms. The summed E-state index contributed by atoms with van der Waals surface area (Å²) in [5.74, 6) is 0. The number of nitrogens with zero attached hydrogens (tertiary/aromatic N) is 1. The summed E-state index contributed by atoms with van der Waals surface area (Å²) < 4.78 is 34.8. The molecule has 140 valence electrons. The zero-order chi connectivity index (χ0) is 17.8. The Hall–Kier alpha value is -0.130. The molecule has 0 aromatic heterocycles. The Balaban J connectivity index is 3.76. The Morgan fingerprint density at radius 2 is 1.22 bits per heavy atom. The summed E-state index contributed by atoms with van der Waals surface area (Å²) in [4.78, 5) is 0. The van der Waals surface area contributed by atoms with Crippen LogP contribution in [0.3, 0.4) is 0 Å². The molecule has 0 saturated heterocycles. The maximum absolute atomic E-state index is 11.4. The summed E-state index contributed by atoms with van der Waals surface area (Å²) in [6, 6.07) is 0. The van der Waals surface area contributed by atoms with Crippen LogP contribution in [0.15, 0.2) is 0 Å². The van der Waals surface area contributed by atoms with E-state index in [9.17, 15) is 13.0 Å². The molecule has 0 rings (SSSR count). The molecule has 0 saturated carbocycles. The van der Waals surface area contributed by atoms with Crippen LogP contribution in [0.25, 0.3) is 0 Å². The van der Waals surface area contributed by atoms with Crippen molar-refractivity contribution in [3.63, 3.8) is 0 Å². The van der Waals surface area contributed by atoms with Crippen LogP contribution in [0.2, 0.25) is 0 Å². The molecule has 1 unspecified atom stereocenters. The van der Waals surface area contributed by atoms with Gasteiger partial charge in [0.15, 0.2) is 0 Å². The standard InChI is InChI=1S/C18H39NO3S/c1-5-6-7-8-9-10-11-12-13-14-15-18(23(20,21)22)16-17-19(2,3)4/h18H,5-17H2,1-4H3. The summed E-state index contributed by atoms with van der Waals surface area (Å²) >= 11 is 0. The van der Waals surface area contributed by atoms with Gasteiger partial charge in [-0.2, -0.15) is 0 Å². The highest BCUT2D eigenvalue weighted by atomic mass is 32.2. The van der Waals surface area contributed by atoms with Crippen molar-refractivity contribution < 1.29 is 17.5 Å². The largest absolute Gasteiger partial charge is 0.748 e. The molecule has 1 atom stereocenters. The summed E-state index contributed by atoms with van der Waals surface area (Å²) in [6.07, 6.45) is 13.3. The lowest BCUT2D eigenvalue weighted by Gasteiger charge is -2.27. The highest BCUT2D eigenvalue weighted by Crippen LogP contribution is 2.17. The van der Waals surface area contributed by atoms with E-state index in [1.165, 1.54) is 44.9 Å². The van der Waals surface area contributed by atoms with Crippen molar-refractivity contribution in [1.82, 2.24) is 0 Å². The molecular weight excluding hydrogens is 310 g/mol. The average molecular weight is 350 g/mol. The molecule has 5 heteroatoms. The fraction of sp³-hybridized carbons (Fsp3) is 1.00.